The summed E-state index contributed by atoms with van der Waals surface area (Å²) in [6, 6.07) is 0.669. The quantitative estimate of drug-likeness (QED) is 0.695. The van der Waals surface area contributed by atoms with Crippen molar-refractivity contribution in [3.63, 3.8) is 0 Å². The van der Waals surface area contributed by atoms with Gasteiger partial charge in [-0.25, -0.2) is 0 Å². The van der Waals surface area contributed by atoms with E-state index in [1.165, 1.54) is 19.4 Å². The van der Waals surface area contributed by atoms with Crippen molar-refractivity contribution in [2.45, 2.75) is 64.6 Å². The fourth-order valence-electron chi connectivity index (χ4n) is 2.64. The summed E-state index contributed by atoms with van der Waals surface area (Å²) in [4.78, 5) is 2.63. The Bertz CT molecular complexity index is 191. The van der Waals surface area contributed by atoms with E-state index >= 15 is 0 Å². The molecule has 0 aromatic carbocycles. The molecule has 2 nitrogen and oxygen atoms in total. The minimum absolute atomic E-state index is 0.277. The van der Waals surface area contributed by atoms with Crippen LogP contribution in [0.3, 0.4) is 0 Å². The monoisotopic (exact) mass is 198 g/mol. The first kappa shape index (κ1) is 12.0. The molecule has 1 unspecified atom stereocenters. The molecule has 1 fully saturated rings. The molecular formula is C12H26N2. The van der Waals surface area contributed by atoms with E-state index in [0.717, 1.165) is 0 Å². The number of hydrogen-bond acceptors (Lipinski definition) is 2. The van der Waals surface area contributed by atoms with Gasteiger partial charge in [0.25, 0.3) is 0 Å². The number of hydrogen-bond donors (Lipinski definition) is 1. The van der Waals surface area contributed by atoms with Crippen molar-refractivity contribution >= 4 is 0 Å². The van der Waals surface area contributed by atoms with Gasteiger partial charge in [0.05, 0.1) is 0 Å². The minimum atomic E-state index is 0.277. The molecule has 1 rings (SSSR count). The fraction of sp³-hybridized carbons (Fsp3) is 1.00. The largest absolute Gasteiger partial charge is 0.316 e. The zero-order chi connectivity index (χ0) is 11.0. The third kappa shape index (κ3) is 2.48. The summed E-state index contributed by atoms with van der Waals surface area (Å²) < 4.78 is 0. The summed E-state index contributed by atoms with van der Waals surface area (Å²) in [6.07, 6.45) is 2.59. The average Bonchev–Trinajstić information content (AvgIpc) is 2.01. The van der Waals surface area contributed by atoms with Crippen molar-refractivity contribution in [1.29, 1.82) is 0 Å². The van der Waals surface area contributed by atoms with Crippen LogP contribution in [-0.2, 0) is 0 Å². The highest BCUT2D eigenvalue weighted by atomic mass is 15.3. The lowest BCUT2D eigenvalue weighted by Gasteiger charge is -2.52. The topological polar surface area (TPSA) is 15.3 Å². The molecule has 1 aliphatic rings. The summed E-state index contributed by atoms with van der Waals surface area (Å²) in [7, 11) is 2.07. The van der Waals surface area contributed by atoms with Gasteiger partial charge in [-0.15, -0.1) is 0 Å². The number of nitrogens with one attached hydrogen (secondary N) is 1. The number of likely N-dealkylation sites (tertiary alicyclic amines) is 1. The summed E-state index contributed by atoms with van der Waals surface area (Å²) >= 11 is 0. The first-order valence-electron chi connectivity index (χ1n) is 5.72. The van der Waals surface area contributed by atoms with Crippen molar-refractivity contribution in [2.75, 3.05) is 13.6 Å². The second kappa shape index (κ2) is 3.82. The highest BCUT2D eigenvalue weighted by Crippen LogP contribution is 2.33. The van der Waals surface area contributed by atoms with Gasteiger partial charge in [0.2, 0.25) is 0 Å². The van der Waals surface area contributed by atoms with Crippen LogP contribution < -0.4 is 5.32 Å². The van der Waals surface area contributed by atoms with Crippen molar-refractivity contribution in [3.8, 4) is 0 Å². The zero-order valence-corrected chi connectivity index (χ0v) is 10.6. The van der Waals surface area contributed by atoms with E-state index in [1.54, 1.807) is 0 Å². The molecule has 0 radical (unpaired) electrons. The maximum absolute atomic E-state index is 3.40. The maximum Gasteiger partial charge on any atom is 0.0193 e. The van der Waals surface area contributed by atoms with Crippen LogP contribution in [0.25, 0.3) is 0 Å². The third-order valence-electron chi connectivity index (χ3n) is 3.46. The van der Waals surface area contributed by atoms with E-state index in [-0.39, 0.29) is 5.54 Å². The second-order valence-electron chi connectivity index (χ2n) is 6.12. The Morgan fingerprint density at radius 2 is 1.86 bits per heavy atom. The van der Waals surface area contributed by atoms with Gasteiger partial charge in [0.1, 0.15) is 0 Å². The summed E-state index contributed by atoms with van der Waals surface area (Å²) in [5, 5.41) is 3.40. The Morgan fingerprint density at radius 1 is 1.29 bits per heavy atom. The molecule has 0 saturated carbocycles. The highest BCUT2D eigenvalue weighted by Gasteiger charge is 2.39. The van der Waals surface area contributed by atoms with Crippen LogP contribution in [0.4, 0.5) is 0 Å². The van der Waals surface area contributed by atoms with Gasteiger partial charge in [-0.2, -0.15) is 0 Å². The van der Waals surface area contributed by atoms with Gasteiger partial charge < -0.3 is 5.32 Å². The van der Waals surface area contributed by atoms with E-state index in [0.29, 0.717) is 11.6 Å². The Morgan fingerprint density at radius 3 is 2.29 bits per heavy atom. The molecule has 0 aliphatic carbocycles. The first-order chi connectivity index (χ1) is 6.27. The van der Waals surface area contributed by atoms with Crippen molar-refractivity contribution in [2.24, 2.45) is 0 Å². The van der Waals surface area contributed by atoms with Gasteiger partial charge in [-0.3, -0.25) is 4.90 Å². The molecule has 1 atom stereocenters. The number of nitrogens with zero attached hydrogens (tertiary/aromatic N) is 1. The molecule has 0 spiro atoms. The zero-order valence-electron chi connectivity index (χ0n) is 10.6. The molecule has 84 valence electrons. The molecule has 0 amide bonds. The van der Waals surface area contributed by atoms with Crippen LogP contribution in [0.15, 0.2) is 0 Å². The van der Waals surface area contributed by atoms with Crippen molar-refractivity contribution in [1.82, 2.24) is 10.2 Å². The lowest BCUT2D eigenvalue weighted by Crippen LogP contribution is -2.61. The van der Waals surface area contributed by atoms with Gasteiger partial charge in [0.15, 0.2) is 0 Å². The molecule has 0 aromatic rings. The summed E-state index contributed by atoms with van der Waals surface area (Å²) in [5.41, 5.74) is 0.630. The van der Waals surface area contributed by atoms with Crippen LogP contribution in [0, 0.1) is 0 Å². The molecule has 1 aliphatic heterocycles. The molecule has 0 bridgehead atoms. The van der Waals surface area contributed by atoms with Crippen molar-refractivity contribution < 1.29 is 0 Å². The first-order valence-corrected chi connectivity index (χ1v) is 5.72. The molecule has 0 aromatic heterocycles. The normalized spacial score (nSPS) is 29.1. The Balaban J connectivity index is 2.77. The molecule has 1 saturated heterocycles. The standard InChI is InChI=1S/C12H26N2/c1-11(2,3)14-9-10(13-6)7-8-12(14,4)5/h10,13H,7-9H2,1-6H3. The molecular weight excluding hydrogens is 172 g/mol. The van der Waals surface area contributed by atoms with Crippen LogP contribution in [0.5, 0.6) is 0 Å². The summed E-state index contributed by atoms with van der Waals surface area (Å²) in [6.45, 7) is 12.8. The van der Waals surface area contributed by atoms with Gasteiger partial charge in [-0.05, 0) is 54.5 Å². The fourth-order valence-corrected chi connectivity index (χ4v) is 2.64. The average molecular weight is 198 g/mol. The molecule has 1 heterocycles. The predicted octanol–water partition coefficient (Wildman–Crippen LogP) is 2.25. The third-order valence-corrected chi connectivity index (χ3v) is 3.46. The van der Waals surface area contributed by atoms with E-state index in [2.05, 4.69) is 51.9 Å². The maximum atomic E-state index is 3.40. The lowest BCUT2D eigenvalue weighted by molar-refractivity contribution is -0.0145. The Labute approximate surface area is 89.1 Å². The van der Waals surface area contributed by atoms with E-state index in [9.17, 15) is 0 Å². The SMILES string of the molecule is CNC1CCC(C)(C)N(C(C)(C)C)C1. The van der Waals surface area contributed by atoms with E-state index in [4.69, 9.17) is 0 Å². The van der Waals surface area contributed by atoms with Gasteiger partial charge >= 0.3 is 0 Å². The van der Waals surface area contributed by atoms with Gasteiger partial charge in [0, 0.05) is 23.7 Å². The van der Waals surface area contributed by atoms with Gasteiger partial charge in [-0.1, -0.05) is 0 Å². The van der Waals surface area contributed by atoms with Crippen LogP contribution in [0.2, 0.25) is 0 Å². The highest BCUT2D eigenvalue weighted by molar-refractivity contribution is 4.96. The Hall–Kier alpha value is -0.0800. The summed E-state index contributed by atoms with van der Waals surface area (Å²) in [5.74, 6) is 0. The Kier molecular flexibility index (Phi) is 3.27. The van der Waals surface area contributed by atoms with E-state index < -0.39 is 0 Å². The van der Waals surface area contributed by atoms with Crippen LogP contribution in [-0.4, -0.2) is 35.6 Å². The van der Waals surface area contributed by atoms with Crippen molar-refractivity contribution in [3.05, 3.63) is 0 Å². The lowest BCUT2D eigenvalue weighted by atomic mass is 9.84. The smallest absolute Gasteiger partial charge is 0.0193 e. The molecule has 2 heteroatoms. The minimum Gasteiger partial charge on any atom is -0.316 e. The molecule has 14 heavy (non-hydrogen) atoms. The van der Waals surface area contributed by atoms with E-state index in [1.807, 2.05) is 0 Å². The predicted molar refractivity (Wildman–Crippen MR) is 62.6 cm³/mol. The number of piperidine rings is 1. The second-order valence-corrected chi connectivity index (χ2v) is 6.12. The van der Waals surface area contributed by atoms with Crippen LogP contribution >= 0.6 is 0 Å². The molecule has 1 N–H and O–H groups in total. The number of likely N-dealkylation sites (N-methyl/N-ethyl adjacent to an activating group) is 1. The number of rotatable bonds is 1. The van der Waals surface area contributed by atoms with Crippen LogP contribution in [0.1, 0.15) is 47.5 Å².